The minimum Gasteiger partial charge on any atom is -0.444 e. The molecule has 0 bridgehead atoms. The highest BCUT2D eigenvalue weighted by molar-refractivity contribution is 5.94. The Kier molecular flexibility index (Phi) is 5.70. The number of hydrogen-bond donors (Lipinski definition) is 3. The van der Waals surface area contributed by atoms with Crippen LogP contribution in [0.2, 0.25) is 0 Å². The van der Waals surface area contributed by atoms with Gasteiger partial charge in [-0.2, -0.15) is 0 Å². The molecule has 0 saturated heterocycles. The maximum atomic E-state index is 11.8. The summed E-state index contributed by atoms with van der Waals surface area (Å²) >= 11 is 0. The minimum absolute atomic E-state index is 0.102. The zero-order chi connectivity index (χ0) is 17.7. The van der Waals surface area contributed by atoms with E-state index in [2.05, 4.69) is 16.0 Å². The van der Waals surface area contributed by atoms with E-state index in [4.69, 9.17) is 4.74 Å². The lowest BCUT2D eigenvalue weighted by Crippen LogP contribution is -2.38. The molecule has 6 nitrogen and oxygen atoms in total. The molecule has 3 N–H and O–H groups in total. The summed E-state index contributed by atoms with van der Waals surface area (Å²) in [6, 6.07) is 7.81. The summed E-state index contributed by atoms with van der Waals surface area (Å²) in [4.78, 5) is 23.5. The Labute approximate surface area is 143 Å². The first kappa shape index (κ1) is 18.1. The summed E-state index contributed by atoms with van der Waals surface area (Å²) < 4.78 is 5.29. The van der Waals surface area contributed by atoms with Gasteiger partial charge in [0.15, 0.2) is 0 Å². The quantitative estimate of drug-likeness (QED) is 0.791. The van der Waals surface area contributed by atoms with Crippen LogP contribution < -0.4 is 16.0 Å². The van der Waals surface area contributed by atoms with Gasteiger partial charge in [-0.15, -0.1) is 0 Å². The van der Waals surface area contributed by atoms with Gasteiger partial charge in [0.2, 0.25) is 0 Å². The molecule has 0 aliphatic heterocycles. The largest absolute Gasteiger partial charge is 0.444 e. The fourth-order valence-corrected chi connectivity index (χ4v) is 2.85. The zero-order valence-corrected chi connectivity index (χ0v) is 14.8. The van der Waals surface area contributed by atoms with Crippen molar-refractivity contribution >= 4 is 17.7 Å². The summed E-state index contributed by atoms with van der Waals surface area (Å²) in [6.07, 6.45) is 2.34. The number of carbonyl (C=O) groups is 2. The van der Waals surface area contributed by atoms with Gasteiger partial charge in [0.1, 0.15) is 5.60 Å². The van der Waals surface area contributed by atoms with Crippen molar-refractivity contribution < 1.29 is 14.3 Å². The van der Waals surface area contributed by atoms with Crippen molar-refractivity contribution in [2.24, 2.45) is 0 Å². The van der Waals surface area contributed by atoms with Gasteiger partial charge in [0, 0.05) is 30.4 Å². The van der Waals surface area contributed by atoms with E-state index in [-0.39, 0.29) is 24.1 Å². The Morgan fingerprint density at radius 2 is 1.88 bits per heavy atom. The second kappa shape index (κ2) is 7.55. The topological polar surface area (TPSA) is 79.5 Å². The summed E-state index contributed by atoms with van der Waals surface area (Å²) in [5.74, 6) is -0.102. The lowest BCUT2D eigenvalue weighted by atomic mass is 10.1. The number of anilines is 1. The van der Waals surface area contributed by atoms with Crippen LogP contribution in [0.5, 0.6) is 0 Å². The summed E-state index contributed by atoms with van der Waals surface area (Å²) in [7, 11) is 1.62. The second-order valence-corrected chi connectivity index (χ2v) is 7.16. The van der Waals surface area contributed by atoms with Crippen molar-refractivity contribution in [3.05, 3.63) is 29.8 Å². The van der Waals surface area contributed by atoms with Crippen LogP contribution in [0.3, 0.4) is 0 Å². The predicted octanol–water partition coefficient (Wildman–Crippen LogP) is 2.90. The monoisotopic (exact) mass is 333 g/mol. The first-order valence-electron chi connectivity index (χ1n) is 8.35. The molecule has 1 saturated carbocycles. The lowest BCUT2D eigenvalue weighted by molar-refractivity contribution is 0.0505. The summed E-state index contributed by atoms with van der Waals surface area (Å²) in [5.41, 5.74) is 1.06. The lowest BCUT2D eigenvalue weighted by Gasteiger charge is -2.22. The van der Waals surface area contributed by atoms with Crippen LogP contribution in [0.4, 0.5) is 10.5 Å². The molecule has 24 heavy (non-hydrogen) atoms. The van der Waals surface area contributed by atoms with Crippen LogP contribution in [0.1, 0.15) is 50.4 Å². The van der Waals surface area contributed by atoms with Gasteiger partial charge < -0.3 is 20.7 Å². The number of ether oxygens (including phenoxy) is 1. The maximum Gasteiger partial charge on any atom is 0.407 e. The van der Waals surface area contributed by atoms with Crippen LogP contribution in [0, 0.1) is 0 Å². The average Bonchev–Trinajstić information content (AvgIpc) is 2.91. The molecule has 1 aromatic rings. The first-order chi connectivity index (χ1) is 11.3. The molecule has 0 spiro atoms. The van der Waals surface area contributed by atoms with Crippen LogP contribution in [-0.4, -0.2) is 36.7 Å². The van der Waals surface area contributed by atoms with Gasteiger partial charge >= 0.3 is 6.09 Å². The van der Waals surface area contributed by atoms with E-state index >= 15 is 0 Å². The minimum atomic E-state index is -0.485. The number of amides is 2. The van der Waals surface area contributed by atoms with Crippen molar-refractivity contribution in [2.45, 2.75) is 57.7 Å². The number of carbonyl (C=O) groups excluding carboxylic acids is 2. The van der Waals surface area contributed by atoms with Gasteiger partial charge in [0.25, 0.3) is 5.91 Å². The molecular formula is C18H27N3O3. The molecule has 6 heteroatoms. The van der Waals surface area contributed by atoms with Crippen molar-refractivity contribution in [1.82, 2.24) is 10.6 Å². The van der Waals surface area contributed by atoms with Crippen molar-refractivity contribution in [1.29, 1.82) is 0 Å². The normalized spacial score (nSPS) is 20.3. The number of alkyl carbamates (subject to hydrolysis) is 1. The molecular weight excluding hydrogens is 306 g/mol. The fourth-order valence-electron chi connectivity index (χ4n) is 2.85. The number of nitrogens with one attached hydrogen (secondary N) is 3. The van der Waals surface area contributed by atoms with Gasteiger partial charge in [-0.3, -0.25) is 4.79 Å². The van der Waals surface area contributed by atoms with Crippen molar-refractivity contribution in [3.8, 4) is 0 Å². The van der Waals surface area contributed by atoms with Crippen molar-refractivity contribution in [2.75, 3.05) is 12.4 Å². The fraction of sp³-hybridized carbons (Fsp3) is 0.556. The van der Waals surface area contributed by atoms with E-state index in [1.54, 1.807) is 13.1 Å². The number of hydrogen-bond acceptors (Lipinski definition) is 4. The maximum absolute atomic E-state index is 11.8. The van der Waals surface area contributed by atoms with E-state index < -0.39 is 5.60 Å². The molecule has 0 heterocycles. The Morgan fingerprint density at radius 1 is 1.17 bits per heavy atom. The van der Waals surface area contributed by atoms with Crippen LogP contribution in [-0.2, 0) is 4.74 Å². The molecule has 0 radical (unpaired) electrons. The van der Waals surface area contributed by atoms with E-state index in [0.29, 0.717) is 5.56 Å². The summed E-state index contributed by atoms with van der Waals surface area (Å²) in [6.45, 7) is 5.56. The summed E-state index contributed by atoms with van der Waals surface area (Å²) in [5, 5.41) is 8.99. The van der Waals surface area contributed by atoms with Crippen LogP contribution in [0.25, 0.3) is 0 Å². The SMILES string of the molecule is CNC(=O)c1cccc(NC2CCC(NC(=O)OC(C)(C)C)C2)c1. The van der Waals surface area contributed by atoms with E-state index in [9.17, 15) is 9.59 Å². The number of rotatable bonds is 4. The third kappa shape index (κ3) is 5.44. The number of benzene rings is 1. The van der Waals surface area contributed by atoms with Gasteiger partial charge in [-0.1, -0.05) is 6.07 Å². The van der Waals surface area contributed by atoms with Crippen LogP contribution in [0.15, 0.2) is 24.3 Å². The average molecular weight is 333 g/mol. The predicted molar refractivity (Wildman–Crippen MR) is 94.3 cm³/mol. The molecule has 1 aromatic carbocycles. The van der Waals surface area contributed by atoms with E-state index in [1.807, 2.05) is 39.0 Å². The molecule has 2 unspecified atom stereocenters. The molecule has 1 aliphatic rings. The highest BCUT2D eigenvalue weighted by Gasteiger charge is 2.27. The van der Waals surface area contributed by atoms with Crippen LogP contribution >= 0.6 is 0 Å². The third-order valence-corrected chi connectivity index (χ3v) is 3.88. The van der Waals surface area contributed by atoms with E-state index in [1.165, 1.54) is 0 Å². The van der Waals surface area contributed by atoms with Gasteiger partial charge in [-0.05, 0) is 58.2 Å². The Morgan fingerprint density at radius 3 is 2.54 bits per heavy atom. The zero-order valence-electron chi connectivity index (χ0n) is 14.8. The van der Waals surface area contributed by atoms with E-state index in [0.717, 1.165) is 24.9 Å². The molecule has 2 rings (SSSR count). The molecule has 2 amide bonds. The van der Waals surface area contributed by atoms with Gasteiger partial charge in [0.05, 0.1) is 0 Å². The third-order valence-electron chi connectivity index (χ3n) is 3.88. The molecule has 2 atom stereocenters. The standard InChI is InChI=1S/C18H27N3O3/c1-18(2,3)24-17(23)21-15-9-8-14(11-15)20-13-7-5-6-12(10-13)16(22)19-4/h5-7,10,14-15,20H,8-9,11H2,1-4H3,(H,19,22)(H,21,23). The smallest absolute Gasteiger partial charge is 0.407 e. The van der Waals surface area contributed by atoms with Crippen molar-refractivity contribution in [3.63, 3.8) is 0 Å². The molecule has 1 aliphatic carbocycles. The highest BCUT2D eigenvalue weighted by Crippen LogP contribution is 2.24. The van der Waals surface area contributed by atoms with Gasteiger partial charge in [-0.25, -0.2) is 4.79 Å². The Hall–Kier alpha value is -2.24. The Bertz CT molecular complexity index is 595. The first-order valence-corrected chi connectivity index (χ1v) is 8.35. The molecule has 1 fully saturated rings. The molecule has 0 aromatic heterocycles. The molecule has 132 valence electrons. The second-order valence-electron chi connectivity index (χ2n) is 7.16. The Balaban J connectivity index is 1.86. The highest BCUT2D eigenvalue weighted by atomic mass is 16.6.